The van der Waals surface area contributed by atoms with Crippen LogP contribution in [0.1, 0.15) is 24.8 Å². The highest BCUT2D eigenvalue weighted by atomic mass is 16.6. The van der Waals surface area contributed by atoms with Gasteiger partial charge in [-0.1, -0.05) is 36.8 Å². The lowest BCUT2D eigenvalue weighted by atomic mass is 9.90. The largest absolute Gasteiger partial charge is 0.369 e. The van der Waals surface area contributed by atoms with Gasteiger partial charge in [-0.2, -0.15) is 0 Å². The van der Waals surface area contributed by atoms with Crippen LogP contribution in [0.4, 0.5) is 0 Å². The van der Waals surface area contributed by atoms with Crippen LogP contribution in [0.3, 0.4) is 0 Å². The van der Waals surface area contributed by atoms with Crippen LogP contribution in [-0.2, 0) is 11.2 Å². The van der Waals surface area contributed by atoms with Crippen LogP contribution in [0.5, 0.6) is 0 Å². The zero-order valence-corrected chi connectivity index (χ0v) is 8.41. The zero-order chi connectivity index (χ0) is 9.43. The van der Waals surface area contributed by atoms with Crippen LogP contribution in [-0.4, -0.2) is 12.2 Å². The van der Waals surface area contributed by atoms with Gasteiger partial charge in [0, 0.05) is 0 Å². The van der Waals surface area contributed by atoms with E-state index in [9.17, 15) is 0 Å². The molecule has 2 unspecified atom stereocenters. The summed E-state index contributed by atoms with van der Waals surface area (Å²) >= 11 is 0. The Labute approximate surface area is 85.1 Å². The molecule has 1 nitrogen and oxygen atoms in total. The Balaban J connectivity index is 1.73. The SMILES string of the molecule is c1ccc(CC2CCCC23CO3)cc1. The molecule has 0 bridgehead atoms. The fourth-order valence-corrected chi connectivity index (χ4v) is 2.77. The van der Waals surface area contributed by atoms with Crippen molar-refractivity contribution in [2.75, 3.05) is 6.61 Å². The first-order valence-electron chi connectivity index (χ1n) is 5.57. The summed E-state index contributed by atoms with van der Waals surface area (Å²) in [4.78, 5) is 0. The highest BCUT2D eigenvalue weighted by Gasteiger charge is 2.53. The monoisotopic (exact) mass is 188 g/mol. The average molecular weight is 188 g/mol. The molecule has 0 radical (unpaired) electrons. The lowest BCUT2D eigenvalue weighted by molar-refractivity contribution is 0.245. The zero-order valence-electron chi connectivity index (χ0n) is 8.41. The maximum absolute atomic E-state index is 5.64. The van der Waals surface area contributed by atoms with Crippen LogP contribution in [0, 0.1) is 5.92 Å². The van der Waals surface area contributed by atoms with Crippen LogP contribution in [0.2, 0.25) is 0 Å². The molecule has 74 valence electrons. The minimum atomic E-state index is 0.315. The Bertz CT molecular complexity index is 313. The number of ether oxygens (including phenoxy) is 1. The van der Waals surface area contributed by atoms with Gasteiger partial charge in [-0.05, 0) is 30.7 Å². The quantitative estimate of drug-likeness (QED) is 0.650. The van der Waals surface area contributed by atoms with E-state index in [0.29, 0.717) is 5.60 Å². The standard InChI is InChI=1S/C13H16O/c1-2-5-11(6-3-1)9-12-7-4-8-13(12)10-14-13/h1-3,5-6,12H,4,7-10H2. The van der Waals surface area contributed by atoms with Crippen LogP contribution in [0.15, 0.2) is 30.3 Å². The van der Waals surface area contributed by atoms with E-state index in [4.69, 9.17) is 4.74 Å². The molecule has 0 amide bonds. The molecule has 1 heterocycles. The molecule has 14 heavy (non-hydrogen) atoms. The molecule has 0 N–H and O–H groups in total. The lowest BCUT2D eigenvalue weighted by Gasteiger charge is -2.14. The Hall–Kier alpha value is -0.820. The lowest BCUT2D eigenvalue weighted by Crippen LogP contribution is -2.19. The minimum absolute atomic E-state index is 0.315. The van der Waals surface area contributed by atoms with Crippen molar-refractivity contribution in [3.63, 3.8) is 0 Å². The third kappa shape index (κ3) is 1.36. The van der Waals surface area contributed by atoms with Crippen molar-refractivity contribution >= 4 is 0 Å². The van der Waals surface area contributed by atoms with Gasteiger partial charge in [0.15, 0.2) is 0 Å². The molecule has 1 saturated carbocycles. The highest BCUT2D eigenvalue weighted by Crippen LogP contribution is 2.49. The van der Waals surface area contributed by atoms with Gasteiger partial charge >= 0.3 is 0 Å². The maximum Gasteiger partial charge on any atom is 0.0947 e. The van der Waals surface area contributed by atoms with E-state index < -0.39 is 0 Å². The molecular formula is C13H16O. The van der Waals surface area contributed by atoms with E-state index in [0.717, 1.165) is 12.5 Å². The average Bonchev–Trinajstić information content (AvgIpc) is 2.89. The predicted molar refractivity (Wildman–Crippen MR) is 56.2 cm³/mol. The Morgan fingerprint density at radius 3 is 2.79 bits per heavy atom. The van der Waals surface area contributed by atoms with Crippen molar-refractivity contribution in [3.05, 3.63) is 35.9 Å². The second-order valence-corrected chi connectivity index (χ2v) is 4.63. The summed E-state index contributed by atoms with van der Waals surface area (Å²) in [5, 5.41) is 0. The number of benzene rings is 1. The predicted octanol–water partition coefficient (Wildman–Crippen LogP) is 2.80. The van der Waals surface area contributed by atoms with Gasteiger partial charge in [-0.15, -0.1) is 0 Å². The van der Waals surface area contributed by atoms with Gasteiger partial charge in [-0.3, -0.25) is 0 Å². The van der Waals surface area contributed by atoms with Crippen LogP contribution < -0.4 is 0 Å². The maximum atomic E-state index is 5.64. The fraction of sp³-hybridized carbons (Fsp3) is 0.538. The molecule has 2 fully saturated rings. The van der Waals surface area contributed by atoms with Crippen LogP contribution >= 0.6 is 0 Å². The fourth-order valence-electron chi connectivity index (χ4n) is 2.77. The second kappa shape index (κ2) is 3.09. The summed E-state index contributed by atoms with van der Waals surface area (Å²) in [6.45, 7) is 1.02. The molecule has 0 aromatic heterocycles. The smallest absolute Gasteiger partial charge is 0.0947 e. The van der Waals surface area contributed by atoms with Crippen LogP contribution in [0.25, 0.3) is 0 Å². The molecule has 1 saturated heterocycles. The van der Waals surface area contributed by atoms with E-state index >= 15 is 0 Å². The Morgan fingerprint density at radius 2 is 2.07 bits per heavy atom. The molecule has 2 atom stereocenters. The van der Waals surface area contributed by atoms with E-state index in [-0.39, 0.29) is 0 Å². The molecule has 1 heteroatoms. The first-order valence-corrected chi connectivity index (χ1v) is 5.57. The summed E-state index contributed by atoms with van der Waals surface area (Å²) in [7, 11) is 0. The van der Waals surface area contributed by atoms with Gasteiger partial charge < -0.3 is 4.74 Å². The molecular weight excluding hydrogens is 172 g/mol. The number of hydrogen-bond acceptors (Lipinski definition) is 1. The van der Waals surface area contributed by atoms with Crippen molar-refractivity contribution in [1.82, 2.24) is 0 Å². The van der Waals surface area contributed by atoms with Gasteiger partial charge in [0.25, 0.3) is 0 Å². The third-order valence-corrected chi connectivity index (χ3v) is 3.74. The molecule has 1 aliphatic heterocycles. The first kappa shape index (κ1) is 8.49. The van der Waals surface area contributed by atoms with Crippen molar-refractivity contribution in [2.24, 2.45) is 5.92 Å². The molecule has 3 rings (SSSR count). The topological polar surface area (TPSA) is 12.5 Å². The number of epoxide rings is 1. The summed E-state index contributed by atoms with van der Waals surface area (Å²) < 4.78 is 5.64. The number of rotatable bonds is 2. The second-order valence-electron chi connectivity index (χ2n) is 4.63. The normalized spacial score (nSPS) is 35.0. The molecule has 1 aliphatic carbocycles. The van der Waals surface area contributed by atoms with Crippen molar-refractivity contribution in [3.8, 4) is 0 Å². The Morgan fingerprint density at radius 1 is 1.29 bits per heavy atom. The summed E-state index contributed by atoms with van der Waals surface area (Å²) in [5.41, 5.74) is 1.78. The van der Waals surface area contributed by atoms with Crippen molar-refractivity contribution in [2.45, 2.75) is 31.3 Å². The molecule has 1 spiro atoms. The van der Waals surface area contributed by atoms with E-state index in [1.165, 1.54) is 31.2 Å². The van der Waals surface area contributed by atoms with Gasteiger partial charge in [0.05, 0.1) is 12.2 Å². The van der Waals surface area contributed by atoms with Gasteiger partial charge in [0.1, 0.15) is 0 Å². The van der Waals surface area contributed by atoms with E-state index in [2.05, 4.69) is 30.3 Å². The minimum Gasteiger partial charge on any atom is -0.369 e. The Kier molecular flexibility index (Phi) is 1.88. The molecule has 1 aromatic rings. The van der Waals surface area contributed by atoms with Gasteiger partial charge in [0.2, 0.25) is 0 Å². The highest BCUT2D eigenvalue weighted by molar-refractivity contribution is 5.18. The third-order valence-electron chi connectivity index (χ3n) is 3.74. The van der Waals surface area contributed by atoms with Crippen molar-refractivity contribution < 1.29 is 4.74 Å². The van der Waals surface area contributed by atoms with Crippen molar-refractivity contribution in [1.29, 1.82) is 0 Å². The molecule has 1 aromatic carbocycles. The summed E-state index contributed by atoms with van der Waals surface area (Å²) in [5.74, 6) is 0.782. The van der Waals surface area contributed by atoms with E-state index in [1.807, 2.05) is 0 Å². The summed E-state index contributed by atoms with van der Waals surface area (Å²) in [6, 6.07) is 10.8. The molecule has 2 aliphatic rings. The number of hydrogen-bond donors (Lipinski definition) is 0. The van der Waals surface area contributed by atoms with E-state index in [1.54, 1.807) is 0 Å². The summed E-state index contributed by atoms with van der Waals surface area (Å²) in [6.07, 6.45) is 5.22. The van der Waals surface area contributed by atoms with Gasteiger partial charge in [-0.25, -0.2) is 0 Å². The first-order chi connectivity index (χ1) is 6.89.